The maximum absolute atomic E-state index is 12.6. The van der Waals surface area contributed by atoms with Crippen molar-refractivity contribution in [1.29, 1.82) is 0 Å². The molecule has 1 aromatic rings. The van der Waals surface area contributed by atoms with Crippen LogP contribution in [0.25, 0.3) is 0 Å². The van der Waals surface area contributed by atoms with Gasteiger partial charge in [0.25, 0.3) is 0 Å². The second-order valence-electron chi connectivity index (χ2n) is 5.44. The largest absolute Gasteiger partial charge is 0.329 e. The first-order chi connectivity index (χ1) is 9.98. The van der Waals surface area contributed by atoms with Crippen molar-refractivity contribution in [3.8, 4) is 0 Å². The molecular formula is C13H25N5O2S. The summed E-state index contributed by atoms with van der Waals surface area (Å²) < 4.78 is 28.1. The third kappa shape index (κ3) is 3.63. The van der Waals surface area contributed by atoms with Crippen LogP contribution in [0.15, 0.2) is 17.3 Å². The fourth-order valence-corrected chi connectivity index (χ4v) is 3.99. The highest BCUT2D eigenvalue weighted by molar-refractivity contribution is 7.89. The third-order valence-electron chi connectivity index (χ3n) is 4.05. The first-order valence-electron chi connectivity index (χ1n) is 7.42. The molecule has 1 aromatic heterocycles. The number of nitrogens with zero attached hydrogens (tertiary/aromatic N) is 4. The molecule has 1 saturated heterocycles. The molecule has 1 aliphatic heterocycles. The van der Waals surface area contributed by atoms with Crippen LogP contribution in [0.1, 0.15) is 19.8 Å². The van der Waals surface area contributed by atoms with E-state index in [1.165, 1.54) is 10.5 Å². The van der Waals surface area contributed by atoms with Crippen molar-refractivity contribution in [1.82, 2.24) is 19.0 Å². The van der Waals surface area contributed by atoms with Gasteiger partial charge in [0.05, 0.1) is 12.7 Å². The Morgan fingerprint density at radius 2 is 2.29 bits per heavy atom. The summed E-state index contributed by atoms with van der Waals surface area (Å²) in [5, 5.41) is 4.04. The van der Waals surface area contributed by atoms with Crippen molar-refractivity contribution >= 4 is 10.0 Å². The summed E-state index contributed by atoms with van der Waals surface area (Å²) in [6, 6.07) is 0.314. The Hall–Kier alpha value is -0.960. The van der Waals surface area contributed by atoms with E-state index in [1.807, 2.05) is 0 Å². The number of aromatic nitrogens is 2. The van der Waals surface area contributed by atoms with E-state index < -0.39 is 10.0 Å². The molecule has 0 radical (unpaired) electrons. The lowest BCUT2D eigenvalue weighted by molar-refractivity contribution is 0.237. The Labute approximate surface area is 126 Å². The number of sulfonamides is 1. The Morgan fingerprint density at radius 3 is 2.95 bits per heavy atom. The van der Waals surface area contributed by atoms with Gasteiger partial charge in [0.2, 0.25) is 10.0 Å². The Bertz CT molecular complexity index is 557. The number of rotatable bonds is 7. The van der Waals surface area contributed by atoms with Crippen LogP contribution < -0.4 is 5.73 Å². The first kappa shape index (κ1) is 16.4. The Morgan fingerprint density at radius 1 is 1.52 bits per heavy atom. The van der Waals surface area contributed by atoms with Crippen molar-refractivity contribution < 1.29 is 8.42 Å². The second-order valence-corrected chi connectivity index (χ2v) is 7.48. The Kier molecular flexibility index (Phi) is 5.37. The van der Waals surface area contributed by atoms with Crippen molar-refractivity contribution in [2.24, 2.45) is 5.73 Å². The normalized spacial score (nSPS) is 20.5. The molecule has 21 heavy (non-hydrogen) atoms. The van der Waals surface area contributed by atoms with E-state index in [0.29, 0.717) is 25.7 Å². The van der Waals surface area contributed by atoms with Gasteiger partial charge in [-0.05, 0) is 25.9 Å². The minimum atomic E-state index is -3.47. The van der Waals surface area contributed by atoms with Crippen molar-refractivity contribution in [3.63, 3.8) is 0 Å². The molecule has 2 rings (SSSR count). The highest BCUT2D eigenvalue weighted by atomic mass is 32.2. The lowest BCUT2D eigenvalue weighted by atomic mass is 10.2. The molecule has 2 N–H and O–H groups in total. The molecule has 0 spiro atoms. The average molecular weight is 315 g/mol. The molecule has 0 amide bonds. The summed E-state index contributed by atoms with van der Waals surface area (Å²) in [6.45, 7) is 5.62. The molecule has 8 heteroatoms. The van der Waals surface area contributed by atoms with Gasteiger partial charge in [0.1, 0.15) is 4.90 Å². The molecule has 120 valence electrons. The minimum Gasteiger partial charge on any atom is -0.329 e. The van der Waals surface area contributed by atoms with Gasteiger partial charge in [0, 0.05) is 32.4 Å². The molecule has 7 nitrogen and oxygen atoms in total. The molecule has 0 aliphatic carbocycles. The summed E-state index contributed by atoms with van der Waals surface area (Å²) >= 11 is 0. The van der Waals surface area contributed by atoms with E-state index in [1.54, 1.807) is 17.9 Å². The zero-order valence-corrected chi connectivity index (χ0v) is 13.6. The molecule has 1 aliphatic rings. The van der Waals surface area contributed by atoms with Crippen LogP contribution in [0.5, 0.6) is 0 Å². The van der Waals surface area contributed by atoms with Gasteiger partial charge in [-0.15, -0.1) is 0 Å². The van der Waals surface area contributed by atoms with Crippen LogP contribution in [0.4, 0.5) is 0 Å². The summed E-state index contributed by atoms with van der Waals surface area (Å²) in [6.07, 6.45) is 5.14. The topological polar surface area (TPSA) is 84.5 Å². The summed E-state index contributed by atoms with van der Waals surface area (Å²) in [5.41, 5.74) is 5.45. The molecule has 1 fully saturated rings. The van der Waals surface area contributed by atoms with Gasteiger partial charge in [-0.1, -0.05) is 6.92 Å². The lowest BCUT2D eigenvalue weighted by Crippen LogP contribution is -2.41. The molecule has 0 bridgehead atoms. The van der Waals surface area contributed by atoms with E-state index in [0.717, 1.165) is 25.9 Å². The summed E-state index contributed by atoms with van der Waals surface area (Å²) in [5.74, 6) is 0. The molecular weight excluding hydrogens is 290 g/mol. The zero-order valence-electron chi connectivity index (χ0n) is 12.8. The standard InChI is InChI=1S/C13H25N5O2S/c1-3-17-7-4-5-12(17)10-16(2)21(19,20)13-9-15-18(11-13)8-6-14/h9,11-12H,3-8,10,14H2,1-2H3. The van der Waals surface area contributed by atoms with Crippen LogP contribution >= 0.6 is 0 Å². The second kappa shape index (κ2) is 6.87. The SMILES string of the molecule is CCN1CCCC1CN(C)S(=O)(=O)c1cnn(CCN)c1. The minimum absolute atomic E-state index is 0.236. The number of likely N-dealkylation sites (N-methyl/N-ethyl adjacent to an activating group) is 2. The van der Waals surface area contributed by atoms with Crippen LogP contribution in [0.3, 0.4) is 0 Å². The van der Waals surface area contributed by atoms with Gasteiger partial charge in [-0.25, -0.2) is 8.42 Å². The van der Waals surface area contributed by atoms with Gasteiger partial charge in [0.15, 0.2) is 0 Å². The maximum Gasteiger partial charge on any atom is 0.245 e. The van der Waals surface area contributed by atoms with E-state index in [2.05, 4.69) is 16.9 Å². The van der Waals surface area contributed by atoms with Gasteiger partial charge >= 0.3 is 0 Å². The van der Waals surface area contributed by atoms with Crippen LogP contribution in [0.2, 0.25) is 0 Å². The number of hydrogen-bond donors (Lipinski definition) is 1. The molecule has 1 atom stereocenters. The first-order valence-corrected chi connectivity index (χ1v) is 8.86. The highest BCUT2D eigenvalue weighted by Crippen LogP contribution is 2.20. The van der Waals surface area contributed by atoms with Gasteiger partial charge in [-0.2, -0.15) is 9.40 Å². The predicted molar refractivity (Wildman–Crippen MR) is 81.4 cm³/mol. The molecule has 0 aromatic carbocycles. The third-order valence-corrected chi connectivity index (χ3v) is 5.83. The van der Waals surface area contributed by atoms with Gasteiger partial charge in [-0.3, -0.25) is 9.58 Å². The summed E-state index contributed by atoms with van der Waals surface area (Å²) in [7, 11) is -1.83. The predicted octanol–water partition coefficient (Wildman–Crippen LogP) is -0.0534. The zero-order chi connectivity index (χ0) is 15.5. The lowest BCUT2D eigenvalue weighted by Gasteiger charge is -2.27. The van der Waals surface area contributed by atoms with E-state index in [9.17, 15) is 8.42 Å². The quantitative estimate of drug-likeness (QED) is 0.762. The number of likely N-dealkylation sites (tertiary alicyclic amines) is 1. The van der Waals surface area contributed by atoms with E-state index in [4.69, 9.17) is 5.73 Å². The number of nitrogens with two attached hydrogens (primary N) is 1. The fraction of sp³-hybridized carbons (Fsp3) is 0.769. The van der Waals surface area contributed by atoms with Crippen LogP contribution in [0, 0.1) is 0 Å². The highest BCUT2D eigenvalue weighted by Gasteiger charge is 2.29. The molecule has 1 unspecified atom stereocenters. The molecule has 2 heterocycles. The van der Waals surface area contributed by atoms with Crippen molar-refractivity contribution in [2.45, 2.75) is 37.2 Å². The summed E-state index contributed by atoms with van der Waals surface area (Å²) in [4.78, 5) is 2.57. The van der Waals surface area contributed by atoms with Gasteiger partial charge < -0.3 is 5.73 Å². The molecule has 0 saturated carbocycles. The van der Waals surface area contributed by atoms with Crippen LogP contribution in [-0.2, 0) is 16.6 Å². The number of hydrogen-bond acceptors (Lipinski definition) is 5. The van der Waals surface area contributed by atoms with Crippen molar-refractivity contribution in [2.75, 3.05) is 33.2 Å². The van der Waals surface area contributed by atoms with Crippen LogP contribution in [-0.4, -0.2) is 66.7 Å². The smallest absolute Gasteiger partial charge is 0.245 e. The van der Waals surface area contributed by atoms with E-state index >= 15 is 0 Å². The maximum atomic E-state index is 12.6. The fourth-order valence-electron chi connectivity index (χ4n) is 2.83. The monoisotopic (exact) mass is 315 g/mol. The Balaban J connectivity index is 2.07. The average Bonchev–Trinajstić information content (AvgIpc) is 3.08. The van der Waals surface area contributed by atoms with E-state index in [-0.39, 0.29) is 4.90 Å². The van der Waals surface area contributed by atoms with Crippen molar-refractivity contribution in [3.05, 3.63) is 12.4 Å².